The van der Waals surface area contributed by atoms with E-state index in [0.717, 1.165) is 24.0 Å². The molecule has 1 aliphatic carbocycles. The Bertz CT molecular complexity index is 806. The molecule has 0 saturated heterocycles. The maximum Gasteiger partial charge on any atom is 0.166 e. The molecule has 1 unspecified atom stereocenters. The van der Waals surface area contributed by atoms with Crippen LogP contribution in [0.1, 0.15) is 92.0 Å². The van der Waals surface area contributed by atoms with Gasteiger partial charge < -0.3 is 0 Å². The zero-order valence-corrected chi connectivity index (χ0v) is 18.1. The number of hydrogen-bond donors (Lipinski definition) is 0. The molecule has 3 rings (SSSR count). The highest BCUT2D eigenvalue weighted by molar-refractivity contribution is 5.99. The summed E-state index contributed by atoms with van der Waals surface area (Å²) >= 11 is 0. The number of benzene rings is 2. The van der Waals surface area contributed by atoms with E-state index < -0.39 is 0 Å². The molecule has 2 nitrogen and oxygen atoms in total. The summed E-state index contributed by atoms with van der Waals surface area (Å²) in [5, 5.41) is 0. The largest absolute Gasteiger partial charge is 0.294 e. The van der Waals surface area contributed by atoms with E-state index in [4.69, 9.17) is 0 Å². The molecule has 1 aliphatic rings. The summed E-state index contributed by atoms with van der Waals surface area (Å²) in [6, 6.07) is 17.6. The minimum atomic E-state index is -0.0458. The predicted octanol–water partition coefficient (Wildman–Crippen LogP) is 7.03. The van der Waals surface area contributed by atoms with Crippen molar-refractivity contribution < 1.29 is 9.59 Å². The first-order valence-corrected chi connectivity index (χ1v) is 11.1. The summed E-state index contributed by atoms with van der Waals surface area (Å²) in [7, 11) is 0. The van der Waals surface area contributed by atoms with Crippen LogP contribution in [0.15, 0.2) is 54.6 Å². The van der Waals surface area contributed by atoms with Crippen molar-refractivity contribution in [2.24, 2.45) is 11.8 Å². The molecule has 2 heteroatoms. The molecule has 0 bridgehead atoms. The van der Waals surface area contributed by atoms with Crippen LogP contribution in [0.25, 0.3) is 0 Å². The second kappa shape index (κ2) is 9.52. The minimum Gasteiger partial charge on any atom is -0.294 e. The molecule has 154 valence electrons. The molecular weight excluding hydrogens is 356 g/mol. The zero-order chi connectivity index (χ0) is 20.9. The Morgan fingerprint density at radius 1 is 0.862 bits per heavy atom. The maximum absolute atomic E-state index is 13.2. The van der Waals surface area contributed by atoms with Crippen LogP contribution in [0.3, 0.4) is 0 Å². The lowest BCUT2D eigenvalue weighted by Gasteiger charge is -2.29. The summed E-state index contributed by atoms with van der Waals surface area (Å²) < 4.78 is 0. The lowest BCUT2D eigenvalue weighted by atomic mass is 9.74. The van der Waals surface area contributed by atoms with E-state index in [1.165, 1.54) is 24.8 Å². The normalized spacial score (nSPS) is 16.4. The van der Waals surface area contributed by atoms with Gasteiger partial charge in [-0.1, -0.05) is 94.6 Å². The number of rotatable bonds is 7. The second-order valence-corrected chi connectivity index (χ2v) is 9.52. The third-order valence-corrected chi connectivity index (χ3v) is 6.37. The van der Waals surface area contributed by atoms with Crippen molar-refractivity contribution in [3.8, 4) is 0 Å². The highest BCUT2D eigenvalue weighted by Crippen LogP contribution is 2.35. The smallest absolute Gasteiger partial charge is 0.166 e. The number of Topliss-reactive ketones (excluding diaryl/α,β-unsaturated/α-hetero) is 2. The summed E-state index contributed by atoms with van der Waals surface area (Å²) in [4.78, 5) is 26.1. The van der Waals surface area contributed by atoms with Gasteiger partial charge in [0.15, 0.2) is 11.6 Å². The van der Waals surface area contributed by atoms with Gasteiger partial charge in [-0.3, -0.25) is 9.59 Å². The molecule has 29 heavy (non-hydrogen) atoms. The van der Waals surface area contributed by atoms with Crippen LogP contribution in [0.5, 0.6) is 0 Å². The first-order chi connectivity index (χ1) is 13.9. The second-order valence-electron chi connectivity index (χ2n) is 9.52. The van der Waals surface area contributed by atoms with Gasteiger partial charge in [0.25, 0.3) is 0 Å². The van der Waals surface area contributed by atoms with E-state index >= 15 is 0 Å². The lowest BCUT2D eigenvalue weighted by Crippen LogP contribution is -2.27. The molecule has 0 aromatic heterocycles. The maximum atomic E-state index is 13.2. The molecule has 0 aliphatic heterocycles. The molecule has 1 atom stereocenters. The lowest BCUT2D eigenvalue weighted by molar-refractivity contribution is 0.0818. The van der Waals surface area contributed by atoms with Crippen LogP contribution in [0, 0.1) is 11.8 Å². The van der Waals surface area contributed by atoms with Gasteiger partial charge >= 0.3 is 0 Å². The Morgan fingerprint density at radius 3 is 2.07 bits per heavy atom. The van der Waals surface area contributed by atoms with E-state index in [1.807, 2.05) is 42.5 Å². The van der Waals surface area contributed by atoms with Crippen LogP contribution in [-0.2, 0) is 5.41 Å². The van der Waals surface area contributed by atoms with Crippen LogP contribution >= 0.6 is 0 Å². The standard InChI is InChI=1S/C27H34O2/c1-27(2,3)23-16-14-21(15-17-23)25(28)19-18-24(20-10-6-4-7-11-20)26(29)22-12-8-5-9-13-22/h5,8-9,12-17,20,24H,4,6-7,10-11,18-19H2,1-3H3. The average molecular weight is 391 g/mol. The molecule has 1 saturated carbocycles. The number of ketones is 2. The van der Waals surface area contributed by atoms with Crippen molar-refractivity contribution in [3.63, 3.8) is 0 Å². The highest BCUT2D eigenvalue weighted by Gasteiger charge is 2.30. The third-order valence-electron chi connectivity index (χ3n) is 6.37. The van der Waals surface area contributed by atoms with Crippen molar-refractivity contribution in [2.45, 2.75) is 71.1 Å². The molecule has 2 aromatic rings. The van der Waals surface area contributed by atoms with Gasteiger partial charge in [0.2, 0.25) is 0 Å². The monoisotopic (exact) mass is 390 g/mol. The van der Waals surface area contributed by atoms with E-state index in [-0.39, 0.29) is 22.9 Å². The highest BCUT2D eigenvalue weighted by atomic mass is 16.1. The Balaban J connectivity index is 1.70. The summed E-state index contributed by atoms with van der Waals surface area (Å²) in [6.45, 7) is 6.52. The summed E-state index contributed by atoms with van der Waals surface area (Å²) in [5.41, 5.74) is 2.85. The summed E-state index contributed by atoms with van der Waals surface area (Å²) in [6.07, 6.45) is 6.97. The Kier molecular flexibility index (Phi) is 7.05. The van der Waals surface area contributed by atoms with Gasteiger partial charge in [0.1, 0.15) is 0 Å². The Morgan fingerprint density at radius 2 is 1.48 bits per heavy atom. The average Bonchev–Trinajstić information content (AvgIpc) is 2.74. The van der Waals surface area contributed by atoms with E-state index in [9.17, 15) is 9.59 Å². The van der Waals surface area contributed by atoms with Gasteiger partial charge in [-0.2, -0.15) is 0 Å². The fourth-order valence-corrected chi connectivity index (χ4v) is 4.52. The van der Waals surface area contributed by atoms with Crippen LogP contribution in [0.4, 0.5) is 0 Å². The fraction of sp³-hybridized carbons (Fsp3) is 0.481. The fourth-order valence-electron chi connectivity index (χ4n) is 4.52. The van der Waals surface area contributed by atoms with Crippen molar-refractivity contribution in [1.82, 2.24) is 0 Å². The van der Waals surface area contributed by atoms with Crippen LogP contribution < -0.4 is 0 Å². The molecule has 0 amide bonds. The molecule has 0 heterocycles. The molecule has 0 radical (unpaired) electrons. The number of carbonyl (C=O) groups excluding carboxylic acids is 2. The third kappa shape index (κ3) is 5.65. The SMILES string of the molecule is CC(C)(C)c1ccc(C(=O)CCC(C(=O)c2ccccc2)C2CCCCC2)cc1. The molecule has 1 fully saturated rings. The quantitative estimate of drug-likeness (QED) is 0.476. The number of hydrogen-bond acceptors (Lipinski definition) is 2. The minimum absolute atomic E-state index is 0.0458. The van der Waals surface area contributed by atoms with Crippen LogP contribution in [-0.4, -0.2) is 11.6 Å². The van der Waals surface area contributed by atoms with Gasteiger partial charge in [0, 0.05) is 23.5 Å². The van der Waals surface area contributed by atoms with E-state index in [2.05, 4.69) is 32.9 Å². The van der Waals surface area contributed by atoms with E-state index in [0.29, 0.717) is 18.8 Å². The van der Waals surface area contributed by atoms with Crippen LogP contribution in [0.2, 0.25) is 0 Å². The zero-order valence-electron chi connectivity index (χ0n) is 18.1. The van der Waals surface area contributed by atoms with E-state index in [1.54, 1.807) is 0 Å². The first-order valence-electron chi connectivity index (χ1n) is 11.1. The molecule has 2 aromatic carbocycles. The first kappa shape index (κ1) is 21.5. The Labute approximate surface area is 175 Å². The molecule has 0 N–H and O–H groups in total. The van der Waals surface area contributed by atoms with Gasteiger partial charge in [-0.15, -0.1) is 0 Å². The molecule has 0 spiro atoms. The van der Waals surface area contributed by atoms with Crippen molar-refractivity contribution in [1.29, 1.82) is 0 Å². The van der Waals surface area contributed by atoms with Gasteiger partial charge in [-0.05, 0) is 36.2 Å². The summed E-state index contributed by atoms with van der Waals surface area (Å²) in [5.74, 6) is 0.725. The van der Waals surface area contributed by atoms with Crippen molar-refractivity contribution >= 4 is 11.6 Å². The Hall–Kier alpha value is -2.22. The molecular formula is C27H34O2. The van der Waals surface area contributed by atoms with Gasteiger partial charge in [-0.25, -0.2) is 0 Å². The van der Waals surface area contributed by atoms with Crippen molar-refractivity contribution in [2.75, 3.05) is 0 Å². The van der Waals surface area contributed by atoms with Gasteiger partial charge in [0.05, 0.1) is 0 Å². The predicted molar refractivity (Wildman–Crippen MR) is 120 cm³/mol. The van der Waals surface area contributed by atoms with Crippen molar-refractivity contribution in [3.05, 3.63) is 71.3 Å². The topological polar surface area (TPSA) is 34.1 Å². The number of carbonyl (C=O) groups is 2.